The number of benzene rings is 3. The lowest BCUT2D eigenvalue weighted by molar-refractivity contribution is -0.136. The van der Waals surface area contributed by atoms with E-state index in [1.165, 1.54) is 0 Å². The average molecular weight is 374 g/mol. The van der Waals surface area contributed by atoms with E-state index in [0.29, 0.717) is 16.5 Å². The minimum absolute atomic E-state index is 0.0688. The Balaban J connectivity index is 2.01. The molecule has 0 fully saturated rings. The molecular formula is C23H18O5. The number of hydrogen-bond acceptors (Lipinski definition) is 3. The summed E-state index contributed by atoms with van der Waals surface area (Å²) in [5, 5.41) is 20.7. The van der Waals surface area contributed by atoms with Crippen molar-refractivity contribution >= 4 is 28.5 Å². The molecule has 3 aromatic carbocycles. The monoisotopic (exact) mass is 374 g/mol. The lowest BCUT2D eigenvalue weighted by atomic mass is 9.93. The Labute approximate surface area is 161 Å². The van der Waals surface area contributed by atoms with Gasteiger partial charge in [-0.15, -0.1) is 0 Å². The van der Waals surface area contributed by atoms with Crippen molar-refractivity contribution in [1.29, 1.82) is 0 Å². The lowest BCUT2D eigenvalue weighted by Gasteiger charge is -2.10. The summed E-state index contributed by atoms with van der Waals surface area (Å²) in [6, 6.07) is 21.2. The molecule has 3 rings (SSSR count). The molecule has 28 heavy (non-hydrogen) atoms. The highest BCUT2D eigenvalue weighted by Crippen LogP contribution is 2.23. The molecule has 0 radical (unpaired) electrons. The quantitative estimate of drug-likeness (QED) is 0.479. The van der Waals surface area contributed by atoms with Gasteiger partial charge in [0.2, 0.25) is 0 Å². The van der Waals surface area contributed by atoms with Gasteiger partial charge in [-0.3, -0.25) is 4.79 Å². The molecule has 0 aliphatic rings. The molecule has 140 valence electrons. The van der Waals surface area contributed by atoms with Crippen LogP contribution in [0.2, 0.25) is 0 Å². The fourth-order valence-corrected chi connectivity index (χ4v) is 3.15. The van der Waals surface area contributed by atoms with Crippen LogP contribution in [0.4, 0.5) is 0 Å². The van der Waals surface area contributed by atoms with Crippen LogP contribution in [0.15, 0.2) is 83.9 Å². The van der Waals surface area contributed by atoms with Gasteiger partial charge in [0, 0.05) is 18.4 Å². The molecule has 0 heterocycles. The second-order valence-electron chi connectivity index (χ2n) is 6.36. The molecule has 2 N–H and O–H groups in total. The number of carboxylic acid groups (broad SMARTS) is 2. The summed E-state index contributed by atoms with van der Waals surface area (Å²) in [7, 11) is 0. The number of fused-ring (bicyclic) bond motifs is 1. The summed E-state index contributed by atoms with van der Waals surface area (Å²) >= 11 is 0. The van der Waals surface area contributed by atoms with Crippen molar-refractivity contribution in [2.24, 2.45) is 0 Å². The minimum atomic E-state index is -1.40. The van der Waals surface area contributed by atoms with Gasteiger partial charge in [0.05, 0.1) is 11.1 Å². The van der Waals surface area contributed by atoms with E-state index < -0.39 is 29.7 Å². The summed E-state index contributed by atoms with van der Waals surface area (Å²) in [5.41, 5.74) is 0.360. The van der Waals surface area contributed by atoms with Crippen LogP contribution in [0.3, 0.4) is 0 Å². The number of ketones is 1. The fraction of sp³-hybridized carbons (Fsp3) is 0.0870. The maximum Gasteiger partial charge on any atom is 0.332 e. The molecule has 0 amide bonds. The van der Waals surface area contributed by atoms with Crippen molar-refractivity contribution in [2.45, 2.75) is 12.8 Å². The Morgan fingerprint density at radius 3 is 1.96 bits per heavy atom. The number of carboxylic acids is 2. The number of carbonyl (C=O) groups is 3. The lowest BCUT2D eigenvalue weighted by Crippen LogP contribution is -2.16. The van der Waals surface area contributed by atoms with Crippen molar-refractivity contribution in [3.8, 4) is 0 Å². The topological polar surface area (TPSA) is 91.7 Å². The third kappa shape index (κ3) is 4.15. The first-order valence-electron chi connectivity index (χ1n) is 8.71. The SMILES string of the molecule is O=C(O)/C(CC(=O)c1cccc2ccccc12)=C(\Cc1ccccc1)C(=O)O. The third-order valence-electron chi connectivity index (χ3n) is 4.53. The number of aliphatic carboxylic acids is 2. The van der Waals surface area contributed by atoms with E-state index in [9.17, 15) is 24.6 Å². The first-order chi connectivity index (χ1) is 13.5. The van der Waals surface area contributed by atoms with Gasteiger partial charge in [0.1, 0.15) is 0 Å². The first-order valence-corrected chi connectivity index (χ1v) is 8.71. The molecule has 0 atom stereocenters. The first kappa shape index (κ1) is 19.0. The highest BCUT2D eigenvalue weighted by molar-refractivity contribution is 6.12. The van der Waals surface area contributed by atoms with E-state index in [0.717, 1.165) is 5.39 Å². The summed E-state index contributed by atoms with van der Waals surface area (Å²) in [6.45, 7) is 0. The Morgan fingerprint density at radius 1 is 0.679 bits per heavy atom. The zero-order chi connectivity index (χ0) is 20.1. The summed E-state index contributed by atoms with van der Waals surface area (Å²) in [6.07, 6.45) is -0.557. The van der Waals surface area contributed by atoms with Gasteiger partial charge in [-0.1, -0.05) is 72.8 Å². The van der Waals surface area contributed by atoms with Crippen molar-refractivity contribution < 1.29 is 24.6 Å². The standard InChI is InChI=1S/C23H18O5/c24-21(18-12-6-10-16-9-4-5-11-17(16)18)14-20(23(27)28)19(22(25)26)13-15-7-2-1-3-8-15/h1-12H,13-14H2,(H,25,26)(H,27,28)/b20-19+. The van der Waals surface area contributed by atoms with Crippen LogP contribution >= 0.6 is 0 Å². The number of hydrogen-bond donors (Lipinski definition) is 2. The summed E-state index contributed by atoms with van der Waals surface area (Å²) in [4.78, 5) is 36.4. The molecule has 0 aromatic heterocycles. The minimum Gasteiger partial charge on any atom is -0.478 e. The average Bonchev–Trinajstić information content (AvgIpc) is 2.70. The number of carbonyl (C=O) groups excluding carboxylic acids is 1. The highest BCUT2D eigenvalue weighted by Gasteiger charge is 2.24. The third-order valence-corrected chi connectivity index (χ3v) is 4.53. The number of Topliss-reactive ketones (excluding diaryl/α,β-unsaturated/α-hetero) is 1. The summed E-state index contributed by atoms with van der Waals surface area (Å²) in [5.74, 6) is -3.17. The maximum atomic E-state index is 12.9. The van der Waals surface area contributed by atoms with Crippen molar-refractivity contribution in [2.75, 3.05) is 0 Å². The van der Waals surface area contributed by atoms with Gasteiger partial charge in [0.25, 0.3) is 0 Å². The Morgan fingerprint density at radius 2 is 1.29 bits per heavy atom. The fourth-order valence-electron chi connectivity index (χ4n) is 3.15. The molecular weight excluding hydrogens is 356 g/mol. The van der Waals surface area contributed by atoms with Crippen LogP contribution in [-0.2, 0) is 16.0 Å². The zero-order valence-corrected chi connectivity index (χ0v) is 15.0. The predicted octanol–water partition coefficient (Wildman–Crippen LogP) is 4.12. The van der Waals surface area contributed by atoms with Crippen molar-refractivity contribution in [3.63, 3.8) is 0 Å². The number of rotatable bonds is 7. The molecule has 3 aromatic rings. The molecule has 0 saturated carbocycles. The smallest absolute Gasteiger partial charge is 0.332 e. The second kappa shape index (κ2) is 8.31. The van der Waals surface area contributed by atoms with E-state index in [4.69, 9.17) is 0 Å². The summed E-state index contributed by atoms with van der Waals surface area (Å²) < 4.78 is 0. The van der Waals surface area contributed by atoms with Crippen molar-refractivity contribution in [1.82, 2.24) is 0 Å². The molecule has 0 unspecified atom stereocenters. The van der Waals surface area contributed by atoms with E-state index in [1.807, 2.05) is 18.2 Å². The zero-order valence-electron chi connectivity index (χ0n) is 15.0. The van der Waals surface area contributed by atoms with Gasteiger partial charge < -0.3 is 10.2 Å². The Bertz CT molecular complexity index is 1080. The van der Waals surface area contributed by atoms with E-state index >= 15 is 0 Å². The van der Waals surface area contributed by atoms with Crippen LogP contribution in [0, 0.1) is 0 Å². The maximum absolute atomic E-state index is 12.9. The molecule has 0 aliphatic carbocycles. The van der Waals surface area contributed by atoms with Crippen LogP contribution < -0.4 is 0 Å². The van der Waals surface area contributed by atoms with Gasteiger partial charge in [0.15, 0.2) is 5.78 Å². The molecule has 5 heteroatoms. The largest absolute Gasteiger partial charge is 0.478 e. The van der Waals surface area contributed by atoms with Gasteiger partial charge in [-0.05, 0) is 16.3 Å². The molecule has 0 saturated heterocycles. The van der Waals surface area contributed by atoms with E-state index in [2.05, 4.69) is 0 Å². The van der Waals surface area contributed by atoms with Crippen LogP contribution in [0.5, 0.6) is 0 Å². The highest BCUT2D eigenvalue weighted by atomic mass is 16.4. The van der Waals surface area contributed by atoms with Gasteiger partial charge in [-0.25, -0.2) is 9.59 Å². The van der Waals surface area contributed by atoms with E-state index in [1.54, 1.807) is 54.6 Å². The molecule has 0 aliphatic heterocycles. The van der Waals surface area contributed by atoms with Crippen LogP contribution in [-0.4, -0.2) is 27.9 Å². The normalized spacial score (nSPS) is 11.7. The van der Waals surface area contributed by atoms with Crippen LogP contribution in [0.1, 0.15) is 22.3 Å². The Hall–Kier alpha value is -3.73. The van der Waals surface area contributed by atoms with Gasteiger partial charge in [-0.2, -0.15) is 0 Å². The molecule has 0 bridgehead atoms. The second-order valence-corrected chi connectivity index (χ2v) is 6.36. The Kier molecular flexibility index (Phi) is 5.65. The molecule has 0 spiro atoms. The van der Waals surface area contributed by atoms with Gasteiger partial charge >= 0.3 is 11.9 Å². The van der Waals surface area contributed by atoms with E-state index in [-0.39, 0.29) is 12.0 Å². The van der Waals surface area contributed by atoms with Crippen molar-refractivity contribution in [3.05, 3.63) is 95.1 Å². The predicted molar refractivity (Wildman–Crippen MR) is 105 cm³/mol. The van der Waals surface area contributed by atoms with Crippen LogP contribution in [0.25, 0.3) is 10.8 Å². The molecule has 5 nitrogen and oxygen atoms in total.